The van der Waals surface area contributed by atoms with Crippen molar-refractivity contribution in [3.63, 3.8) is 0 Å². The van der Waals surface area contributed by atoms with Gasteiger partial charge < -0.3 is 14.8 Å². The molecule has 1 fully saturated rings. The first-order valence-electron chi connectivity index (χ1n) is 10.8. The Morgan fingerprint density at radius 2 is 2.00 bits per heavy atom. The second kappa shape index (κ2) is 8.03. The first-order valence-corrected chi connectivity index (χ1v) is 10.8. The summed E-state index contributed by atoms with van der Waals surface area (Å²) in [4.78, 5) is 26.5. The van der Waals surface area contributed by atoms with E-state index in [1.165, 1.54) is 0 Å². The van der Waals surface area contributed by atoms with Gasteiger partial charge in [-0.2, -0.15) is 0 Å². The van der Waals surface area contributed by atoms with Gasteiger partial charge in [-0.05, 0) is 49.7 Å². The fraction of sp³-hybridized carbons (Fsp3) is 0.520. The summed E-state index contributed by atoms with van der Waals surface area (Å²) in [6.07, 6.45) is 3.14. The third-order valence-corrected chi connectivity index (χ3v) is 6.38. The Kier molecular flexibility index (Phi) is 5.58. The van der Waals surface area contributed by atoms with Crippen LogP contribution in [0.3, 0.4) is 0 Å². The van der Waals surface area contributed by atoms with Crippen LogP contribution in [-0.2, 0) is 19.1 Å². The molecule has 5 heteroatoms. The number of carbonyl (C=O) groups excluding carboxylic acids is 2. The highest BCUT2D eigenvalue weighted by Crippen LogP contribution is 2.47. The lowest BCUT2D eigenvalue weighted by Crippen LogP contribution is -2.39. The van der Waals surface area contributed by atoms with Gasteiger partial charge in [0.05, 0.1) is 11.7 Å². The van der Waals surface area contributed by atoms with Gasteiger partial charge in [-0.1, -0.05) is 38.1 Å². The fourth-order valence-corrected chi connectivity index (χ4v) is 4.95. The Morgan fingerprint density at radius 1 is 1.23 bits per heavy atom. The van der Waals surface area contributed by atoms with Gasteiger partial charge in [-0.25, -0.2) is 4.79 Å². The Bertz CT molecular complexity index is 934. The number of nitrogens with one attached hydrogen (secondary N) is 1. The first-order chi connectivity index (χ1) is 14.3. The van der Waals surface area contributed by atoms with E-state index in [2.05, 4.69) is 19.2 Å². The molecule has 0 radical (unpaired) electrons. The Hall–Kier alpha value is -2.40. The molecule has 1 aromatic rings. The predicted molar refractivity (Wildman–Crippen MR) is 115 cm³/mol. The van der Waals surface area contributed by atoms with Crippen molar-refractivity contribution >= 4 is 11.8 Å². The van der Waals surface area contributed by atoms with Crippen LogP contribution in [0.25, 0.3) is 0 Å². The van der Waals surface area contributed by atoms with Crippen LogP contribution in [0.1, 0.15) is 63.5 Å². The zero-order chi connectivity index (χ0) is 21.5. The lowest BCUT2D eigenvalue weighted by Gasteiger charge is -2.39. The van der Waals surface area contributed by atoms with Crippen LogP contribution in [-0.4, -0.2) is 31.1 Å². The summed E-state index contributed by atoms with van der Waals surface area (Å²) in [6, 6.07) is 7.99. The predicted octanol–water partition coefficient (Wildman–Crippen LogP) is 4.32. The van der Waals surface area contributed by atoms with E-state index in [9.17, 15) is 9.59 Å². The number of ketones is 1. The first kappa shape index (κ1) is 20.9. The summed E-state index contributed by atoms with van der Waals surface area (Å²) in [5.74, 6) is -0.657. The van der Waals surface area contributed by atoms with Gasteiger partial charge in [-0.15, -0.1) is 0 Å². The van der Waals surface area contributed by atoms with E-state index in [4.69, 9.17) is 9.47 Å². The largest absolute Gasteiger partial charge is 0.459 e. The number of esters is 1. The molecule has 0 aromatic heterocycles. The molecule has 2 heterocycles. The molecule has 1 N–H and O–H groups in total. The number of ether oxygens (including phenoxy) is 2. The zero-order valence-electron chi connectivity index (χ0n) is 18.3. The molecule has 1 saturated heterocycles. The number of benzene rings is 1. The average molecular weight is 410 g/mol. The molecule has 0 spiro atoms. The van der Waals surface area contributed by atoms with Crippen molar-refractivity contribution in [3.8, 4) is 0 Å². The van der Waals surface area contributed by atoms with Gasteiger partial charge in [0.15, 0.2) is 5.78 Å². The molecular formula is C25H31NO4. The normalized spacial score (nSPS) is 25.8. The van der Waals surface area contributed by atoms with Crippen molar-refractivity contribution < 1.29 is 19.1 Å². The summed E-state index contributed by atoms with van der Waals surface area (Å²) in [7, 11) is 0. The summed E-state index contributed by atoms with van der Waals surface area (Å²) in [5.41, 5.74) is 4.92. The summed E-state index contributed by atoms with van der Waals surface area (Å²) in [5, 5.41) is 3.39. The SMILES string of the molecule is CC1=C(C(=O)OC[C@H]2CCCO2)[C@H](c2ccccc2C)C2=C(CC(C)(C)CC2=O)N1. The highest BCUT2D eigenvalue weighted by Gasteiger charge is 2.43. The van der Waals surface area contributed by atoms with Gasteiger partial charge in [0.2, 0.25) is 0 Å². The van der Waals surface area contributed by atoms with Crippen molar-refractivity contribution in [2.24, 2.45) is 5.41 Å². The standard InChI is InChI=1S/C25H31NO4/c1-15-8-5-6-10-18(15)22-21(24(28)30-14-17-9-7-11-29-17)16(2)26-19-12-25(3,4)13-20(27)23(19)22/h5-6,8,10,17,22,26H,7,9,11-14H2,1-4H3/t17-,22+/m1/s1. The molecule has 0 saturated carbocycles. The molecule has 0 bridgehead atoms. The summed E-state index contributed by atoms with van der Waals surface area (Å²) < 4.78 is 11.3. The molecule has 5 nitrogen and oxygen atoms in total. The molecule has 0 unspecified atom stereocenters. The quantitative estimate of drug-likeness (QED) is 0.750. The zero-order valence-corrected chi connectivity index (χ0v) is 18.3. The van der Waals surface area contributed by atoms with Gasteiger partial charge in [0.25, 0.3) is 0 Å². The molecule has 1 aliphatic carbocycles. The Morgan fingerprint density at radius 3 is 2.70 bits per heavy atom. The van der Waals surface area contributed by atoms with Crippen LogP contribution >= 0.6 is 0 Å². The van der Waals surface area contributed by atoms with Crippen LogP contribution < -0.4 is 5.32 Å². The second-order valence-corrected chi connectivity index (χ2v) is 9.52. The van der Waals surface area contributed by atoms with Crippen LogP contribution in [0, 0.1) is 12.3 Å². The molecule has 3 aliphatic rings. The monoisotopic (exact) mass is 409 g/mol. The van der Waals surface area contributed by atoms with Crippen LogP contribution in [0.15, 0.2) is 46.8 Å². The fourth-order valence-electron chi connectivity index (χ4n) is 4.95. The van der Waals surface area contributed by atoms with Crippen molar-refractivity contribution in [2.45, 2.75) is 65.4 Å². The van der Waals surface area contributed by atoms with Gasteiger partial charge in [0.1, 0.15) is 6.61 Å². The van der Waals surface area contributed by atoms with Gasteiger partial charge in [-0.3, -0.25) is 4.79 Å². The smallest absolute Gasteiger partial charge is 0.336 e. The van der Waals surface area contributed by atoms with Crippen LogP contribution in [0.4, 0.5) is 0 Å². The Labute approximate surface area is 178 Å². The number of aryl methyl sites for hydroxylation is 1. The van der Waals surface area contributed by atoms with Crippen molar-refractivity contribution in [3.05, 3.63) is 57.9 Å². The number of hydrogen-bond acceptors (Lipinski definition) is 5. The summed E-state index contributed by atoms with van der Waals surface area (Å²) >= 11 is 0. The van der Waals surface area contributed by atoms with Crippen molar-refractivity contribution in [1.82, 2.24) is 5.32 Å². The lowest BCUT2D eigenvalue weighted by atomic mass is 9.68. The number of carbonyl (C=O) groups is 2. The van der Waals surface area contributed by atoms with E-state index in [1.54, 1.807) is 0 Å². The average Bonchev–Trinajstić information content (AvgIpc) is 3.18. The molecule has 2 atom stereocenters. The number of Topliss-reactive ketones (excluding diaryl/α,β-unsaturated/α-hetero) is 1. The number of hydrogen-bond donors (Lipinski definition) is 1. The van der Waals surface area contributed by atoms with E-state index >= 15 is 0 Å². The van der Waals surface area contributed by atoms with Gasteiger partial charge >= 0.3 is 5.97 Å². The summed E-state index contributed by atoms with van der Waals surface area (Å²) in [6.45, 7) is 9.14. The van der Waals surface area contributed by atoms with E-state index in [0.717, 1.165) is 54.0 Å². The van der Waals surface area contributed by atoms with E-state index in [0.29, 0.717) is 12.0 Å². The molecule has 30 heavy (non-hydrogen) atoms. The van der Waals surface area contributed by atoms with Crippen LogP contribution in [0.5, 0.6) is 0 Å². The maximum absolute atomic E-state index is 13.3. The van der Waals surface area contributed by atoms with Crippen LogP contribution in [0.2, 0.25) is 0 Å². The number of allylic oxidation sites excluding steroid dienone is 3. The molecular weight excluding hydrogens is 378 g/mol. The Balaban J connectivity index is 1.73. The topological polar surface area (TPSA) is 64.6 Å². The van der Waals surface area contributed by atoms with E-state index in [1.807, 2.05) is 38.1 Å². The van der Waals surface area contributed by atoms with Gasteiger partial charge in [0, 0.05) is 35.9 Å². The lowest BCUT2D eigenvalue weighted by molar-refractivity contribution is -0.142. The molecule has 0 amide bonds. The molecule has 1 aromatic carbocycles. The molecule has 2 aliphatic heterocycles. The molecule has 4 rings (SSSR count). The number of rotatable bonds is 4. The van der Waals surface area contributed by atoms with E-state index < -0.39 is 5.92 Å². The maximum atomic E-state index is 13.3. The second-order valence-electron chi connectivity index (χ2n) is 9.52. The molecule has 160 valence electrons. The highest BCUT2D eigenvalue weighted by atomic mass is 16.6. The maximum Gasteiger partial charge on any atom is 0.336 e. The van der Waals surface area contributed by atoms with Crippen molar-refractivity contribution in [1.29, 1.82) is 0 Å². The minimum atomic E-state index is -0.400. The van der Waals surface area contributed by atoms with Crippen molar-refractivity contribution in [2.75, 3.05) is 13.2 Å². The minimum Gasteiger partial charge on any atom is -0.459 e. The highest BCUT2D eigenvalue weighted by molar-refractivity contribution is 6.04. The number of dihydropyridines is 1. The third kappa shape index (κ3) is 3.95. The van der Waals surface area contributed by atoms with E-state index in [-0.39, 0.29) is 29.9 Å². The third-order valence-electron chi connectivity index (χ3n) is 6.38. The minimum absolute atomic E-state index is 0.0322.